The van der Waals surface area contributed by atoms with Crippen LogP contribution < -0.4 is 16.0 Å². The number of amides is 1. The highest BCUT2D eigenvalue weighted by atomic mass is 19.4. The number of para-hydroxylation sites is 1. The largest absolute Gasteiger partial charge is 0.484 e. The summed E-state index contributed by atoms with van der Waals surface area (Å²) < 4.78 is 45.9. The average molecular weight is 466 g/mol. The van der Waals surface area contributed by atoms with Gasteiger partial charge in [-0.2, -0.15) is 22.9 Å². The van der Waals surface area contributed by atoms with Crippen LogP contribution in [-0.2, 0) is 11.0 Å². The van der Waals surface area contributed by atoms with Gasteiger partial charge in [0, 0.05) is 5.56 Å². The second-order valence-corrected chi connectivity index (χ2v) is 7.22. The Labute approximate surface area is 190 Å². The zero-order valence-corrected chi connectivity index (χ0v) is 17.5. The fourth-order valence-electron chi connectivity index (χ4n) is 3.18. The van der Waals surface area contributed by atoms with Gasteiger partial charge in [0.05, 0.1) is 22.7 Å². The van der Waals surface area contributed by atoms with E-state index in [-0.39, 0.29) is 23.4 Å². The summed E-state index contributed by atoms with van der Waals surface area (Å²) in [6, 6.07) is 17.5. The number of ether oxygens (including phenoxy) is 1. The van der Waals surface area contributed by atoms with Crippen molar-refractivity contribution in [3.8, 4) is 17.1 Å². The number of alkyl halides is 3. The SMILES string of the molecule is NC(=O)COc1ccc(C=Nn2c(-c3cccc(C(F)(F)F)c3)nc3ccccc3c2=O)cc1. The maximum Gasteiger partial charge on any atom is 0.416 e. The zero-order chi connectivity index (χ0) is 24.3. The number of carbonyl (C=O) groups excluding carboxylic acids is 1. The van der Waals surface area contributed by atoms with E-state index >= 15 is 0 Å². The number of hydrogen-bond acceptors (Lipinski definition) is 5. The molecule has 0 radical (unpaired) electrons. The van der Waals surface area contributed by atoms with Gasteiger partial charge in [0.15, 0.2) is 12.4 Å². The van der Waals surface area contributed by atoms with Gasteiger partial charge in [-0.25, -0.2) is 4.98 Å². The number of rotatable bonds is 6. The summed E-state index contributed by atoms with van der Waals surface area (Å²) in [6.07, 6.45) is -3.19. The first-order valence-corrected chi connectivity index (χ1v) is 9.97. The van der Waals surface area contributed by atoms with Crippen molar-refractivity contribution in [1.29, 1.82) is 0 Å². The molecule has 0 unspecified atom stereocenters. The van der Waals surface area contributed by atoms with E-state index < -0.39 is 23.2 Å². The number of aromatic nitrogens is 2. The minimum Gasteiger partial charge on any atom is -0.484 e. The summed E-state index contributed by atoms with van der Waals surface area (Å²) >= 11 is 0. The van der Waals surface area contributed by atoms with Gasteiger partial charge in [-0.3, -0.25) is 9.59 Å². The number of primary amides is 1. The molecule has 0 saturated carbocycles. The molecule has 1 amide bonds. The predicted octanol–water partition coefficient (Wildman–Crippen LogP) is 3.83. The van der Waals surface area contributed by atoms with Crippen molar-refractivity contribution in [2.75, 3.05) is 6.61 Å². The minimum absolute atomic E-state index is 0.0348. The number of halogens is 3. The van der Waals surface area contributed by atoms with E-state index in [0.717, 1.165) is 16.8 Å². The van der Waals surface area contributed by atoms with E-state index in [4.69, 9.17) is 10.5 Å². The van der Waals surface area contributed by atoms with Crippen LogP contribution in [0.1, 0.15) is 11.1 Å². The lowest BCUT2D eigenvalue weighted by Crippen LogP contribution is -2.20. The Hall–Kier alpha value is -4.47. The fraction of sp³-hybridized carbons (Fsp3) is 0.0833. The van der Waals surface area contributed by atoms with Gasteiger partial charge in [0.2, 0.25) is 0 Å². The molecule has 0 saturated heterocycles. The molecule has 10 heteroatoms. The Bertz CT molecular complexity index is 1440. The fourth-order valence-corrected chi connectivity index (χ4v) is 3.18. The first-order chi connectivity index (χ1) is 16.2. The first-order valence-electron chi connectivity index (χ1n) is 9.97. The molecule has 4 rings (SSSR count). The van der Waals surface area contributed by atoms with E-state index in [1.165, 1.54) is 18.3 Å². The van der Waals surface area contributed by atoms with Gasteiger partial charge in [-0.1, -0.05) is 24.3 Å². The van der Waals surface area contributed by atoms with Crippen molar-refractivity contribution >= 4 is 23.0 Å². The molecule has 0 aliphatic rings. The van der Waals surface area contributed by atoms with Gasteiger partial charge in [-0.05, 0) is 54.1 Å². The third-order valence-electron chi connectivity index (χ3n) is 4.79. The van der Waals surface area contributed by atoms with Crippen LogP contribution in [0.25, 0.3) is 22.3 Å². The van der Waals surface area contributed by atoms with E-state index in [1.54, 1.807) is 48.5 Å². The molecule has 172 valence electrons. The van der Waals surface area contributed by atoms with Crippen LogP contribution in [0, 0.1) is 0 Å². The van der Waals surface area contributed by atoms with Crippen molar-refractivity contribution in [3.63, 3.8) is 0 Å². The van der Waals surface area contributed by atoms with Gasteiger partial charge >= 0.3 is 6.18 Å². The van der Waals surface area contributed by atoms with E-state index in [9.17, 15) is 22.8 Å². The summed E-state index contributed by atoms with van der Waals surface area (Å²) in [6.45, 7) is -0.272. The highest BCUT2D eigenvalue weighted by molar-refractivity contribution is 5.82. The molecule has 0 aliphatic carbocycles. The molecule has 4 aromatic rings. The lowest BCUT2D eigenvalue weighted by Gasteiger charge is -2.12. The van der Waals surface area contributed by atoms with E-state index in [2.05, 4.69) is 10.1 Å². The Kier molecular flexibility index (Phi) is 6.13. The highest BCUT2D eigenvalue weighted by Crippen LogP contribution is 2.31. The van der Waals surface area contributed by atoms with E-state index in [1.807, 2.05) is 0 Å². The normalized spacial score (nSPS) is 11.7. The number of carbonyl (C=O) groups is 1. The van der Waals surface area contributed by atoms with Crippen LogP contribution in [0.15, 0.2) is 82.7 Å². The predicted molar refractivity (Wildman–Crippen MR) is 121 cm³/mol. The van der Waals surface area contributed by atoms with Crippen molar-refractivity contribution in [2.24, 2.45) is 10.8 Å². The third kappa shape index (κ3) is 4.96. The van der Waals surface area contributed by atoms with Crippen LogP contribution in [-0.4, -0.2) is 28.4 Å². The number of benzene rings is 3. The molecule has 0 bridgehead atoms. The summed E-state index contributed by atoms with van der Waals surface area (Å²) in [7, 11) is 0. The minimum atomic E-state index is -4.56. The average Bonchev–Trinajstić information content (AvgIpc) is 2.82. The monoisotopic (exact) mass is 466 g/mol. The quantitative estimate of drug-likeness (QED) is 0.437. The van der Waals surface area contributed by atoms with Gasteiger partial charge in [0.1, 0.15) is 5.75 Å². The number of nitrogens with zero attached hydrogens (tertiary/aromatic N) is 3. The summed E-state index contributed by atoms with van der Waals surface area (Å²) in [5, 5.41) is 4.49. The maximum absolute atomic E-state index is 13.3. The molecular weight excluding hydrogens is 449 g/mol. The second kappa shape index (κ2) is 9.18. The summed E-state index contributed by atoms with van der Waals surface area (Å²) in [5.41, 5.74) is 4.64. The van der Waals surface area contributed by atoms with Crippen molar-refractivity contribution < 1.29 is 22.7 Å². The first kappa shape index (κ1) is 22.7. The Morgan fingerprint density at radius 2 is 1.79 bits per heavy atom. The topological polar surface area (TPSA) is 99.6 Å². The maximum atomic E-state index is 13.3. The zero-order valence-electron chi connectivity index (χ0n) is 17.5. The molecule has 0 aliphatic heterocycles. The number of hydrogen-bond donors (Lipinski definition) is 1. The third-order valence-corrected chi connectivity index (χ3v) is 4.79. The lowest BCUT2D eigenvalue weighted by atomic mass is 10.1. The van der Waals surface area contributed by atoms with Crippen LogP contribution in [0.5, 0.6) is 5.75 Å². The summed E-state index contributed by atoms with van der Waals surface area (Å²) in [5.74, 6) is -0.242. The highest BCUT2D eigenvalue weighted by Gasteiger charge is 2.30. The Morgan fingerprint density at radius 3 is 2.50 bits per heavy atom. The van der Waals surface area contributed by atoms with Crippen LogP contribution in [0.2, 0.25) is 0 Å². The smallest absolute Gasteiger partial charge is 0.416 e. The van der Waals surface area contributed by atoms with Crippen LogP contribution >= 0.6 is 0 Å². The molecule has 0 spiro atoms. The molecule has 0 fully saturated rings. The van der Waals surface area contributed by atoms with Gasteiger partial charge in [-0.15, -0.1) is 0 Å². The van der Waals surface area contributed by atoms with Crippen molar-refractivity contribution in [1.82, 2.24) is 9.66 Å². The van der Waals surface area contributed by atoms with Crippen LogP contribution in [0.4, 0.5) is 13.2 Å². The molecule has 7 nitrogen and oxygen atoms in total. The molecule has 0 atom stereocenters. The summed E-state index contributed by atoms with van der Waals surface area (Å²) in [4.78, 5) is 28.4. The molecule has 2 N–H and O–H groups in total. The molecule has 1 heterocycles. The standard InChI is InChI=1S/C24H17F3N4O3/c25-24(26,27)17-5-3-4-16(12-17)22-30-20-7-2-1-6-19(20)23(33)31(22)29-13-15-8-10-18(11-9-15)34-14-21(28)32/h1-13H,14H2,(H2,28,32). The van der Waals surface area contributed by atoms with Gasteiger partial charge < -0.3 is 10.5 Å². The Morgan fingerprint density at radius 1 is 1.06 bits per heavy atom. The lowest BCUT2D eigenvalue weighted by molar-refractivity contribution is -0.137. The van der Waals surface area contributed by atoms with E-state index in [0.29, 0.717) is 16.8 Å². The van der Waals surface area contributed by atoms with Gasteiger partial charge in [0.25, 0.3) is 11.5 Å². The number of nitrogens with two attached hydrogens (primary N) is 1. The second-order valence-electron chi connectivity index (χ2n) is 7.22. The van der Waals surface area contributed by atoms with Crippen molar-refractivity contribution in [3.05, 3.63) is 94.3 Å². The molecule has 1 aromatic heterocycles. The molecular formula is C24H17F3N4O3. The van der Waals surface area contributed by atoms with Crippen LogP contribution in [0.3, 0.4) is 0 Å². The van der Waals surface area contributed by atoms with Crippen molar-refractivity contribution in [2.45, 2.75) is 6.18 Å². The molecule has 3 aromatic carbocycles. The Balaban J connectivity index is 1.78. The molecule has 34 heavy (non-hydrogen) atoms. The number of fused-ring (bicyclic) bond motifs is 1.